The van der Waals surface area contributed by atoms with Gasteiger partial charge in [-0.3, -0.25) is 4.79 Å². The number of carbonyl (C=O) groups excluding carboxylic acids is 1. The molecule has 2 rings (SSSR count). The van der Waals surface area contributed by atoms with Gasteiger partial charge in [-0.1, -0.05) is 44.2 Å². The van der Waals surface area contributed by atoms with Crippen molar-refractivity contribution in [1.29, 1.82) is 0 Å². The number of hydrogen-bond acceptors (Lipinski definition) is 1. The van der Waals surface area contributed by atoms with E-state index >= 15 is 0 Å². The molecule has 1 aliphatic heterocycles. The van der Waals surface area contributed by atoms with Gasteiger partial charge in [0.15, 0.2) is 0 Å². The summed E-state index contributed by atoms with van der Waals surface area (Å²) < 4.78 is 0. The second-order valence-electron chi connectivity index (χ2n) is 5.37. The Hall–Kier alpha value is -1.02. The highest BCUT2D eigenvalue weighted by Crippen LogP contribution is 2.30. The van der Waals surface area contributed by atoms with E-state index in [1.54, 1.807) is 4.90 Å². The lowest BCUT2D eigenvalue weighted by Gasteiger charge is -2.14. The Morgan fingerprint density at radius 1 is 1.47 bits per heavy atom. The van der Waals surface area contributed by atoms with Crippen LogP contribution in [0.25, 0.3) is 0 Å². The molecule has 17 heavy (non-hydrogen) atoms. The predicted octanol–water partition coefficient (Wildman–Crippen LogP) is 3.75. The summed E-state index contributed by atoms with van der Waals surface area (Å²) in [5, 5.41) is -0.332. The van der Waals surface area contributed by atoms with Crippen molar-refractivity contribution in [1.82, 2.24) is 4.90 Å². The van der Waals surface area contributed by atoms with E-state index in [0.29, 0.717) is 5.92 Å². The van der Waals surface area contributed by atoms with Gasteiger partial charge in [-0.25, -0.2) is 0 Å². The van der Waals surface area contributed by atoms with E-state index in [1.165, 1.54) is 5.57 Å². The molecule has 0 radical (unpaired) electrons. The predicted molar refractivity (Wildman–Crippen MR) is 71.1 cm³/mol. The minimum atomic E-state index is -0.332. The summed E-state index contributed by atoms with van der Waals surface area (Å²) in [5.41, 5.74) is 1.41. The fraction of sp³-hybridized carbons (Fsp3) is 0.500. The summed E-state index contributed by atoms with van der Waals surface area (Å²) >= 11 is 5.50. The van der Waals surface area contributed by atoms with E-state index in [1.807, 2.05) is 0 Å². The molecule has 0 N–H and O–H groups in total. The molecule has 0 spiro atoms. The molecule has 1 aliphatic carbocycles. The van der Waals surface area contributed by atoms with Crippen LogP contribution in [0.4, 0.5) is 4.79 Å². The molecule has 0 saturated carbocycles. The van der Waals surface area contributed by atoms with Gasteiger partial charge in [0.25, 0.3) is 0 Å². The van der Waals surface area contributed by atoms with Crippen molar-refractivity contribution >= 4 is 17.0 Å². The van der Waals surface area contributed by atoms with Gasteiger partial charge in [-0.15, -0.1) is 0 Å². The zero-order valence-corrected chi connectivity index (χ0v) is 11.1. The Morgan fingerprint density at radius 2 is 2.24 bits per heavy atom. The maximum atomic E-state index is 11.1. The van der Waals surface area contributed by atoms with Crippen LogP contribution in [0.5, 0.6) is 0 Å². The Bertz CT molecular complexity index is 406. The zero-order chi connectivity index (χ0) is 12.5. The van der Waals surface area contributed by atoms with E-state index in [4.69, 9.17) is 11.6 Å². The van der Waals surface area contributed by atoms with Gasteiger partial charge in [0.05, 0.1) is 0 Å². The van der Waals surface area contributed by atoms with Crippen LogP contribution in [-0.2, 0) is 0 Å². The first-order chi connectivity index (χ1) is 7.98. The summed E-state index contributed by atoms with van der Waals surface area (Å²) in [6.07, 6.45) is 11.9. The Balaban J connectivity index is 2.08. The number of halogens is 1. The lowest BCUT2D eigenvalue weighted by atomic mass is 9.92. The number of nitrogens with zero attached hydrogens (tertiary/aromatic N) is 1. The van der Waals surface area contributed by atoms with Crippen LogP contribution >= 0.6 is 11.6 Å². The highest BCUT2D eigenvalue weighted by molar-refractivity contribution is 6.62. The van der Waals surface area contributed by atoms with E-state index in [2.05, 4.69) is 44.2 Å². The maximum Gasteiger partial charge on any atom is 0.316 e. The van der Waals surface area contributed by atoms with E-state index in [0.717, 1.165) is 19.5 Å². The Kier molecular flexibility index (Phi) is 3.43. The molecular weight excluding hydrogens is 234 g/mol. The fourth-order valence-electron chi connectivity index (χ4n) is 2.29. The van der Waals surface area contributed by atoms with E-state index in [9.17, 15) is 4.79 Å². The van der Waals surface area contributed by atoms with Crippen molar-refractivity contribution in [2.24, 2.45) is 11.3 Å². The molecule has 3 heteroatoms. The van der Waals surface area contributed by atoms with Crippen LogP contribution in [0.15, 0.2) is 36.0 Å². The third-order valence-corrected chi connectivity index (χ3v) is 3.67. The first-order valence-electron chi connectivity index (χ1n) is 6.01. The van der Waals surface area contributed by atoms with Crippen LogP contribution in [0.1, 0.15) is 20.3 Å². The largest absolute Gasteiger partial charge is 0.329 e. The van der Waals surface area contributed by atoms with E-state index in [-0.39, 0.29) is 10.8 Å². The van der Waals surface area contributed by atoms with Gasteiger partial charge in [0.2, 0.25) is 0 Å². The van der Waals surface area contributed by atoms with Crippen LogP contribution in [0.3, 0.4) is 0 Å². The molecule has 0 aromatic heterocycles. The third-order valence-electron chi connectivity index (χ3n) is 3.43. The van der Waals surface area contributed by atoms with E-state index < -0.39 is 0 Å². The minimum absolute atomic E-state index is 0.110. The van der Waals surface area contributed by atoms with Crippen molar-refractivity contribution < 1.29 is 4.79 Å². The number of carbonyl (C=O) groups is 1. The average Bonchev–Trinajstić information content (AvgIpc) is 2.65. The maximum absolute atomic E-state index is 11.1. The van der Waals surface area contributed by atoms with Crippen molar-refractivity contribution in [2.75, 3.05) is 13.1 Å². The number of rotatable bonds is 1. The fourth-order valence-corrected chi connectivity index (χ4v) is 2.45. The van der Waals surface area contributed by atoms with Crippen molar-refractivity contribution in [3.63, 3.8) is 0 Å². The van der Waals surface area contributed by atoms with Gasteiger partial charge < -0.3 is 4.90 Å². The topological polar surface area (TPSA) is 20.3 Å². The summed E-state index contributed by atoms with van der Waals surface area (Å²) in [6.45, 7) is 5.87. The van der Waals surface area contributed by atoms with Crippen LogP contribution in [0.2, 0.25) is 0 Å². The van der Waals surface area contributed by atoms with Gasteiger partial charge >= 0.3 is 5.37 Å². The first kappa shape index (κ1) is 12.4. The molecular formula is C14H18ClNO. The van der Waals surface area contributed by atoms with Crippen molar-refractivity contribution in [3.05, 3.63) is 36.0 Å². The summed E-state index contributed by atoms with van der Waals surface area (Å²) in [5.74, 6) is 0.424. The lowest BCUT2D eigenvalue weighted by molar-refractivity contribution is 0.231. The average molecular weight is 252 g/mol. The Morgan fingerprint density at radius 3 is 2.88 bits per heavy atom. The molecule has 1 unspecified atom stereocenters. The van der Waals surface area contributed by atoms with Gasteiger partial charge in [-0.05, 0) is 23.6 Å². The summed E-state index contributed by atoms with van der Waals surface area (Å²) in [4.78, 5) is 12.8. The van der Waals surface area contributed by atoms with Crippen LogP contribution in [-0.4, -0.2) is 23.4 Å². The molecule has 1 atom stereocenters. The molecule has 0 bridgehead atoms. The van der Waals surface area contributed by atoms with Gasteiger partial charge in [0, 0.05) is 24.4 Å². The molecule has 2 aliphatic rings. The first-order valence-corrected chi connectivity index (χ1v) is 6.39. The molecule has 2 nitrogen and oxygen atoms in total. The minimum Gasteiger partial charge on any atom is -0.329 e. The Labute approximate surface area is 108 Å². The molecule has 1 saturated heterocycles. The molecule has 1 heterocycles. The number of likely N-dealkylation sites (tertiary alicyclic amines) is 1. The monoisotopic (exact) mass is 251 g/mol. The van der Waals surface area contributed by atoms with Crippen molar-refractivity contribution in [2.45, 2.75) is 20.3 Å². The number of allylic oxidation sites excluding steroid dienone is 5. The highest BCUT2D eigenvalue weighted by atomic mass is 35.5. The highest BCUT2D eigenvalue weighted by Gasteiger charge is 2.27. The standard InChI is InChI=1S/C14H18ClNO/c1-14(2)7-3-4-11(5-8-14)12-6-9-16(10-12)13(15)17/h3-5,7-8,12H,6,9-10H2,1-2H3. The third kappa shape index (κ3) is 3.01. The molecule has 0 aromatic carbocycles. The number of amides is 1. The summed E-state index contributed by atoms with van der Waals surface area (Å²) in [6, 6.07) is 0. The quantitative estimate of drug-likeness (QED) is 0.514. The smallest absolute Gasteiger partial charge is 0.316 e. The number of hydrogen-bond donors (Lipinski definition) is 0. The summed E-state index contributed by atoms with van der Waals surface area (Å²) in [7, 11) is 0. The van der Waals surface area contributed by atoms with Crippen molar-refractivity contribution in [3.8, 4) is 0 Å². The lowest BCUT2D eigenvalue weighted by Crippen LogP contribution is -2.23. The van der Waals surface area contributed by atoms with Crippen LogP contribution in [0, 0.1) is 11.3 Å². The molecule has 1 fully saturated rings. The molecule has 92 valence electrons. The molecule has 0 aromatic rings. The van der Waals surface area contributed by atoms with Gasteiger partial charge in [-0.2, -0.15) is 0 Å². The van der Waals surface area contributed by atoms with Crippen LogP contribution < -0.4 is 0 Å². The normalized spacial score (nSPS) is 26.9. The molecule has 1 amide bonds. The SMILES string of the molecule is CC1(C)C=CC=C(C2CCN(C(=O)Cl)C2)C=C1. The zero-order valence-electron chi connectivity index (χ0n) is 10.3. The second kappa shape index (κ2) is 4.69. The van der Waals surface area contributed by atoms with Gasteiger partial charge in [0.1, 0.15) is 0 Å². The second-order valence-corrected chi connectivity index (χ2v) is 5.69.